The maximum atomic E-state index is 13.5. The number of hydrogen-bond donors (Lipinski definition) is 6. The number of carbonyl (C=O) groups excluding carboxylic acids is 7. The molecule has 4 unspecified atom stereocenters. The van der Waals surface area contributed by atoms with E-state index in [1.807, 2.05) is 30.3 Å². The van der Waals surface area contributed by atoms with Gasteiger partial charge in [0.25, 0.3) is 11.8 Å². The number of anilines is 1. The number of nitrogens with one attached hydrogen (secondary N) is 6. The first kappa shape index (κ1) is 46.6. The number of thioether (sulfide) groups is 1. The molecule has 62 heavy (non-hydrogen) atoms. The van der Waals surface area contributed by atoms with Crippen molar-refractivity contribution in [3.05, 3.63) is 65.2 Å². The Labute approximate surface area is 365 Å². The van der Waals surface area contributed by atoms with E-state index < -0.39 is 51.7 Å². The van der Waals surface area contributed by atoms with Crippen molar-refractivity contribution in [2.45, 2.75) is 87.8 Å². The molecule has 0 aromatic heterocycles. The summed E-state index contributed by atoms with van der Waals surface area (Å²) >= 11 is 1.56. The summed E-state index contributed by atoms with van der Waals surface area (Å²) in [6, 6.07) is 13.0. The van der Waals surface area contributed by atoms with Crippen molar-refractivity contribution in [2.75, 3.05) is 56.7 Å². The summed E-state index contributed by atoms with van der Waals surface area (Å²) in [6.45, 7) is 1.95. The third-order valence-corrected chi connectivity index (χ3v) is 13.7. The van der Waals surface area contributed by atoms with Crippen molar-refractivity contribution in [1.82, 2.24) is 35.8 Å². The molecule has 4 aliphatic rings. The van der Waals surface area contributed by atoms with Crippen LogP contribution in [0.15, 0.2) is 48.5 Å². The highest BCUT2D eigenvalue weighted by atomic mass is 32.2. The van der Waals surface area contributed by atoms with Gasteiger partial charge >= 0.3 is 0 Å². The molecule has 20 heteroatoms. The van der Waals surface area contributed by atoms with E-state index in [0.717, 1.165) is 48.2 Å². The molecule has 0 bridgehead atoms. The number of benzene rings is 2. The largest absolute Gasteiger partial charge is 0.385 e. The topological polar surface area (TPSA) is 242 Å². The lowest BCUT2D eigenvalue weighted by molar-refractivity contribution is -0.136. The molecular weight excluding hydrogens is 841 g/mol. The van der Waals surface area contributed by atoms with Crippen LogP contribution in [0, 0.1) is 5.92 Å². The molecule has 2 aromatic carbocycles. The second-order valence-corrected chi connectivity index (χ2v) is 19.0. The standard InChI is InChI=1S/C42H56N8O10S2/c1-62(58,59)49-21-17-28(25-49)37(53)45-32(38(54)48-42-46-33(26-61-42)27-10-5-4-6-11-27)18-23-60-22-9-12-35(51)44-20-8-3-2-7-19-43-29-13-14-30-31(24-29)41(57)50(40(30)56)34-15-16-36(52)47-39(34)55/h4-6,10-11,13-14,24,28,32-34,42-43,46H,2-3,7-9,12,15-23,25-26H2,1H3,(H,44,51)(H,45,53)(H,48,54)(H,47,52,55)/t28?,32-,33?,34?,42?/m0/s1. The zero-order valence-electron chi connectivity index (χ0n) is 34.8. The first-order valence-corrected chi connectivity index (χ1v) is 24.1. The number of amides is 7. The van der Waals surface area contributed by atoms with E-state index in [9.17, 15) is 42.0 Å². The maximum Gasteiger partial charge on any atom is 0.262 e. The quantitative estimate of drug-likeness (QED) is 0.0729. The number of nitrogens with zero attached hydrogens (tertiary/aromatic N) is 2. The molecular formula is C42H56N8O10S2. The van der Waals surface area contributed by atoms with E-state index in [0.29, 0.717) is 38.2 Å². The van der Waals surface area contributed by atoms with E-state index in [4.69, 9.17) is 4.74 Å². The Hall–Kier alpha value is -4.89. The molecule has 4 heterocycles. The maximum absolute atomic E-state index is 13.5. The fourth-order valence-electron chi connectivity index (χ4n) is 7.84. The van der Waals surface area contributed by atoms with Gasteiger partial charge in [-0.2, -0.15) is 0 Å². The molecule has 0 radical (unpaired) electrons. The number of ether oxygens (including phenoxy) is 1. The van der Waals surface area contributed by atoms with E-state index in [2.05, 4.69) is 31.9 Å². The van der Waals surface area contributed by atoms with Gasteiger partial charge in [0.1, 0.15) is 17.6 Å². The molecule has 3 saturated heterocycles. The smallest absolute Gasteiger partial charge is 0.262 e. The van der Waals surface area contributed by atoms with Crippen molar-refractivity contribution < 1.29 is 46.7 Å². The van der Waals surface area contributed by atoms with Gasteiger partial charge in [-0.25, -0.2) is 12.7 Å². The summed E-state index contributed by atoms with van der Waals surface area (Å²) in [5, 5.41) is 17.6. The van der Waals surface area contributed by atoms with Crippen LogP contribution in [0.3, 0.4) is 0 Å². The predicted octanol–water partition coefficient (Wildman–Crippen LogP) is 1.61. The summed E-state index contributed by atoms with van der Waals surface area (Å²) < 4.78 is 31.1. The Morgan fingerprint density at radius 2 is 1.68 bits per heavy atom. The molecule has 6 N–H and O–H groups in total. The van der Waals surface area contributed by atoms with Crippen LogP contribution in [-0.2, 0) is 38.7 Å². The Morgan fingerprint density at radius 1 is 0.919 bits per heavy atom. The average Bonchev–Trinajstić information content (AvgIpc) is 3.99. The van der Waals surface area contributed by atoms with Gasteiger partial charge in [-0.15, -0.1) is 11.8 Å². The van der Waals surface area contributed by atoms with Crippen LogP contribution in [0.5, 0.6) is 0 Å². The van der Waals surface area contributed by atoms with Crippen molar-refractivity contribution in [1.29, 1.82) is 0 Å². The predicted molar refractivity (Wildman–Crippen MR) is 231 cm³/mol. The van der Waals surface area contributed by atoms with Gasteiger partial charge in [0.15, 0.2) is 0 Å². The lowest BCUT2D eigenvalue weighted by atomic mass is 10.0. The molecule has 4 aliphatic heterocycles. The van der Waals surface area contributed by atoms with Gasteiger partial charge < -0.3 is 26.0 Å². The molecule has 3 fully saturated rings. The minimum absolute atomic E-state index is 0.0610. The first-order valence-electron chi connectivity index (χ1n) is 21.2. The summed E-state index contributed by atoms with van der Waals surface area (Å²) in [5.41, 5.74) is 1.89. The number of fused-ring (bicyclic) bond motifs is 1. The summed E-state index contributed by atoms with van der Waals surface area (Å²) in [5.74, 6) is -2.80. The summed E-state index contributed by atoms with van der Waals surface area (Å²) in [7, 11) is -3.43. The van der Waals surface area contributed by atoms with Gasteiger partial charge in [-0.05, 0) is 62.3 Å². The summed E-state index contributed by atoms with van der Waals surface area (Å²) in [4.78, 5) is 89.8. The molecule has 7 amide bonds. The first-order chi connectivity index (χ1) is 29.8. The van der Waals surface area contributed by atoms with Crippen LogP contribution in [0.1, 0.15) is 96.5 Å². The minimum Gasteiger partial charge on any atom is -0.385 e. The minimum atomic E-state index is -3.43. The number of carbonyl (C=O) groups is 7. The number of unbranched alkanes of at least 4 members (excludes halogenated alkanes) is 3. The zero-order chi connectivity index (χ0) is 44.2. The van der Waals surface area contributed by atoms with E-state index >= 15 is 0 Å². The fraction of sp³-hybridized carbons (Fsp3) is 0.548. The lowest BCUT2D eigenvalue weighted by Crippen LogP contribution is -2.54. The van der Waals surface area contributed by atoms with E-state index in [-0.39, 0.29) is 85.8 Å². The molecule has 0 aliphatic carbocycles. The van der Waals surface area contributed by atoms with Crippen LogP contribution < -0.4 is 31.9 Å². The average molecular weight is 897 g/mol. The van der Waals surface area contributed by atoms with E-state index in [1.165, 1.54) is 4.31 Å². The zero-order valence-corrected chi connectivity index (χ0v) is 36.5. The van der Waals surface area contributed by atoms with E-state index in [1.54, 1.807) is 30.0 Å². The Kier molecular flexibility index (Phi) is 16.5. The fourth-order valence-corrected chi connectivity index (χ4v) is 9.86. The van der Waals surface area contributed by atoms with Crippen molar-refractivity contribution in [3.8, 4) is 0 Å². The highest BCUT2D eigenvalue weighted by molar-refractivity contribution is 8.00. The van der Waals surface area contributed by atoms with Gasteiger partial charge in [0.2, 0.25) is 39.6 Å². The molecule has 336 valence electrons. The third-order valence-electron chi connectivity index (χ3n) is 11.3. The van der Waals surface area contributed by atoms with Gasteiger partial charge in [-0.3, -0.25) is 49.1 Å². The number of piperidine rings is 1. The second kappa shape index (κ2) is 22.0. The second-order valence-electron chi connectivity index (χ2n) is 15.9. The highest BCUT2D eigenvalue weighted by Crippen LogP contribution is 2.30. The molecule has 6 rings (SSSR count). The lowest BCUT2D eigenvalue weighted by Gasteiger charge is -2.27. The molecule has 18 nitrogen and oxygen atoms in total. The van der Waals surface area contributed by atoms with Crippen LogP contribution in [0.4, 0.5) is 5.69 Å². The number of hydrogen-bond acceptors (Lipinski definition) is 13. The van der Waals surface area contributed by atoms with Crippen LogP contribution in [0.2, 0.25) is 0 Å². The summed E-state index contributed by atoms with van der Waals surface area (Å²) in [6.07, 6.45) is 6.05. The normalized spacial score (nSPS) is 22.0. The Balaban J connectivity index is 0.833. The van der Waals surface area contributed by atoms with Crippen LogP contribution in [0.25, 0.3) is 0 Å². The van der Waals surface area contributed by atoms with Crippen LogP contribution >= 0.6 is 11.8 Å². The number of rotatable bonds is 22. The van der Waals surface area contributed by atoms with Crippen LogP contribution in [-0.4, -0.2) is 128 Å². The third kappa shape index (κ3) is 12.6. The SMILES string of the molecule is CS(=O)(=O)N1CCC(C(=O)N[C@@H](CCOCCCC(=O)NCCCCCCNc2ccc3c(c2)C(=O)N(C2CCC(=O)NC2=O)C3=O)C(=O)NC2NC(c3ccccc3)CS2)C1. The van der Waals surface area contributed by atoms with Gasteiger partial charge in [0, 0.05) is 69.7 Å². The Morgan fingerprint density at radius 3 is 2.42 bits per heavy atom. The number of imide groups is 2. The van der Waals surface area contributed by atoms with Gasteiger partial charge in [-0.1, -0.05) is 43.2 Å². The van der Waals surface area contributed by atoms with Crippen molar-refractivity contribution in [3.63, 3.8) is 0 Å². The monoisotopic (exact) mass is 896 g/mol. The highest BCUT2D eigenvalue weighted by Gasteiger charge is 2.44. The van der Waals surface area contributed by atoms with Crippen molar-refractivity contribution in [2.24, 2.45) is 5.92 Å². The molecule has 2 aromatic rings. The van der Waals surface area contributed by atoms with Gasteiger partial charge in [0.05, 0.1) is 23.3 Å². The number of sulfonamides is 1. The molecule has 5 atom stereocenters. The Bertz CT molecular complexity index is 2090. The van der Waals surface area contributed by atoms with Crippen molar-refractivity contribution >= 4 is 68.8 Å². The molecule has 0 spiro atoms. The molecule has 0 saturated carbocycles.